The molecule has 1 aliphatic heterocycles. The van der Waals surface area contributed by atoms with Crippen LogP contribution in [0.2, 0.25) is 0 Å². The van der Waals surface area contributed by atoms with Crippen molar-refractivity contribution < 1.29 is 17.9 Å². The molecule has 1 fully saturated rings. The van der Waals surface area contributed by atoms with Gasteiger partial charge in [-0.05, 0) is 73.6 Å². The first-order valence-corrected chi connectivity index (χ1v) is 11.0. The molecule has 1 aromatic carbocycles. The van der Waals surface area contributed by atoms with Crippen molar-refractivity contribution in [2.24, 2.45) is 0 Å². The largest absolute Gasteiger partial charge is 0.381 e. The number of nitrogens with one attached hydrogen (secondary N) is 1. The number of amides is 1. The van der Waals surface area contributed by atoms with Gasteiger partial charge in [0, 0.05) is 18.9 Å². The van der Waals surface area contributed by atoms with Crippen LogP contribution >= 0.6 is 0 Å². The average Bonchev–Trinajstić information content (AvgIpc) is 3.24. The monoisotopic (exact) mass is 363 g/mol. The number of ether oxygens (including phenoxy) is 1. The van der Waals surface area contributed by atoms with Crippen molar-refractivity contribution in [3.05, 3.63) is 28.3 Å². The zero-order chi connectivity index (χ0) is 17.4. The minimum Gasteiger partial charge on any atom is -0.381 e. The molecule has 0 spiro atoms. The third-order valence-electron chi connectivity index (χ3n) is 5.75. The highest BCUT2D eigenvalue weighted by Crippen LogP contribution is 2.38. The Labute approximate surface area is 149 Å². The highest BCUT2D eigenvalue weighted by Gasteiger charge is 2.31. The molecule has 1 heterocycles. The summed E-state index contributed by atoms with van der Waals surface area (Å²) in [6.45, 7) is 0.927. The normalized spacial score (nSPS) is 20.3. The van der Waals surface area contributed by atoms with Gasteiger partial charge in [0.15, 0.2) is 9.84 Å². The first kappa shape index (κ1) is 17.0. The van der Waals surface area contributed by atoms with Gasteiger partial charge in [-0.2, -0.15) is 0 Å². The number of rotatable bonds is 4. The summed E-state index contributed by atoms with van der Waals surface area (Å²) in [5.41, 5.74) is 6.07. The highest BCUT2D eigenvalue weighted by molar-refractivity contribution is 7.92. The van der Waals surface area contributed by atoms with Gasteiger partial charge >= 0.3 is 0 Å². The molecule has 0 atom stereocenters. The third kappa shape index (κ3) is 3.34. The van der Waals surface area contributed by atoms with Crippen molar-refractivity contribution in [1.29, 1.82) is 0 Å². The Kier molecular flexibility index (Phi) is 4.58. The lowest BCUT2D eigenvalue weighted by Gasteiger charge is -2.22. The van der Waals surface area contributed by atoms with Crippen molar-refractivity contribution in [2.75, 3.05) is 24.3 Å². The smallest absolute Gasteiger partial charge is 0.239 e. The van der Waals surface area contributed by atoms with Gasteiger partial charge in [0.25, 0.3) is 0 Å². The molecule has 1 saturated heterocycles. The second kappa shape index (κ2) is 6.72. The summed E-state index contributed by atoms with van der Waals surface area (Å²) in [5, 5.41) is 2.54. The Hall–Kier alpha value is -1.40. The van der Waals surface area contributed by atoms with Crippen LogP contribution in [0.4, 0.5) is 5.69 Å². The molecule has 4 rings (SSSR count). The summed E-state index contributed by atoms with van der Waals surface area (Å²) in [7, 11) is -3.42. The Morgan fingerprint density at radius 3 is 2.24 bits per heavy atom. The molecule has 0 radical (unpaired) electrons. The minimum absolute atomic E-state index is 0.388. The van der Waals surface area contributed by atoms with Crippen LogP contribution in [0.5, 0.6) is 0 Å². The van der Waals surface area contributed by atoms with Crippen molar-refractivity contribution in [3.8, 4) is 0 Å². The number of sulfone groups is 1. The Morgan fingerprint density at radius 1 is 1.04 bits per heavy atom. The molecule has 1 N–H and O–H groups in total. The van der Waals surface area contributed by atoms with Gasteiger partial charge in [-0.1, -0.05) is 6.07 Å². The van der Waals surface area contributed by atoms with Crippen LogP contribution in [-0.2, 0) is 45.1 Å². The van der Waals surface area contributed by atoms with Crippen LogP contribution in [0.1, 0.15) is 47.9 Å². The van der Waals surface area contributed by atoms with Crippen LogP contribution < -0.4 is 5.32 Å². The average molecular weight is 363 g/mol. The molecule has 5 nitrogen and oxygen atoms in total. The van der Waals surface area contributed by atoms with E-state index in [9.17, 15) is 13.2 Å². The van der Waals surface area contributed by atoms with E-state index in [1.165, 1.54) is 22.3 Å². The summed E-state index contributed by atoms with van der Waals surface area (Å²) in [6, 6.07) is 2.30. The molecular weight excluding hydrogens is 338 g/mol. The topological polar surface area (TPSA) is 72.5 Å². The number of hydrogen-bond acceptors (Lipinski definition) is 4. The van der Waals surface area contributed by atoms with E-state index in [1.807, 2.05) is 0 Å². The second-order valence-corrected chi connectivity index (χ2v) is 9.68. The summed E-state index contributed by atoms with van der Waals surface area (Å²) in [6.07, 6.45) is 7.29. The number of aryl methyl sites for hydroxylation is 2. The first-order chi connectivity index (χ1) is 12.0. The summed E-state index contributed by atoms with van der Waals surface area (Å²) in [4.78, 5) is 12.5. The molecule has 136 valence electrons. The SMILES string of the molecule is O=C(CS(=O)(=O)C1CCOCC1)Nc1c2c(cc3c1CCC3)CCC2. The van der Waals surface area contributed by atoms with Gasteiger partial charge in [0.2, 0.25) is 5.91 Å². The Bertz CT molecular complexity index is 762. The quantitative estimate of drug-likeness (QED) is 0.890. The Morgan fingerprint density at radius 2 is 1.64 bits per heavy atom. The zero-order valence-corrected chi connectivity index (χ0v) is 15.3. The highest BCUT2D eigenvalue weighted by atomic mass is 32.2. The van der Waals surface area contributed by atoms with Crippen molar-refractivity contribution in [1.82, 2.24) is 0 Å². The lowest BCUT2D eigenvalue weighted by molar-refractivity contribution is -0.113. The lowest BCUT2D eigenvalue weighted by atomic mass is 9.98. The summed E-state index contributed by atoms with van der Waals surface area (Å²) >= 11 is 0. The van der Waals surface area contributed by atoms with Gasteiger partial charge in [-0.25, -0.2) is 8.42 Å². The fraction of sp³-hybridized carbons (Fsp3) is 0.632. The fourth-order valence-corrected chi connectivity index (χ4v) is 6.06. The number of fused-ring (bicyclic) bond motifs is 2. The van der Waals surface area contributed by atoms with Crippen LogP contribution in [0.3, 0.4) is 0 Å². The van der Waals surface area contributed by atoms with E-state index in [0.29, 0.717) is 26.1 Å². The number of hydrogen-bond donors (Lipinski definition) is 1. The molecule has 25 heavy (non-hydrogen) atoms. The molecule has 0 bridgehead atoms. The molecular formula is C19H25NO4S. The number of carbonyl (C=O) groups is 1. The van der Waals surface area contributed by atoms with Crippen LogP contribution in [0.15, 0.2) is 6.07 Å². The maximum absolute atomic E-state index is 12.5. The van der Waals surface area contributed by atoms with Gasteiger partial charge in [0.1, 0.15) is 5.75 Å². The van der Waals surface area contributed by atoms with Crippen LogP contribution in [0, 0.1) is 0 Å². The van der Waals surface area contributed by atoms with E-state index < -0.39 is 20.8 Å². The molecule has 0 aromatic heterocycles. The van der Waals surface area contributed by atoms with Crippen LogP contribution in [-0.4, -0.2) is 38.5 Å². The molecule has 0 unspecified atom stereocenters. The van der Waals surface area contributed by atoms with Crippen molar-refractivity contribution in [3.63, 3.8) is 0 Å². The van der Waals surface area contributed by atoms with Gasteiger partial charge in [0.05, 0.1) is 5.25 Å². The first-order valence-electron chi connectivity index (χ1n) is 9.30. The third-order valence-corrected chi connectivity index (χ3v) is 7.90. The molecule has 6 heteroatoms. The molecule has 1 amide bonds. The maximum Gasteiger partial charge on any atom is 0.239 e. The molecule has 3 aliphatic rings. The zero-order valence-electron chi connectivity index (χ0n) is 14.5. The van der Waals surface area contributed by atoms with E-state index in [0.717, 1.165) is 44.2 Å². The molecule has 0 saturated carbocycles. The van der Waals surface area contributed by atoms with E-state index >= 15 is 0 Å². The minimum atomic E-state index is -3.42. The van der Waals surface area contributed by atoms with E-state index in [2.05, 4.69) is 11.4 Å². The number of benzene rings is 1. The van der Waals surface area contributed by atoms with Gasteiger partial charge in [-0.3, -0.25) is 4.79 Å². The van der Waals surface area contributed by atoms with E-state index in [1.54, 1.807) is 0 Å². The fourth-order valence-electron chi connectivity index (χ4n) is 4.48. The van der Waals surface area contributed by atoms with E-state index in [4.69, 9.17) is 4.74 Å². The predicted octanol–water partition coefficient (Wildman–Crippen LogP) is 2.20. The predicted molar refractivity (Wildman–Crippen MR) is 96.7 cm³/mol. The van der Waals surface area contributed by atoms with E-state index in [-0.39, 0.29) is 5.91 Å². The van der Waals surface area contributed by atoms with Gasteiger partial charge in [-0.15, -0.1) is 0 Å². The summed E-state index contributed by atoms with van der Waals surface area (Å²) < 4.78 is 30.3. The maximum atomic E-state index is 12.5. The van der Waals surface area contributed by atoms with Crippen molar-refractivity contribution in [2.45, 2.75) is 56.6 Å². The second-order valence-electron chi connectivity index (χ2n) is 7.40. The van der Waals surface area contributed by atoms with Gasteiger partial charge < -0.3 is 10.1 Å². The number of anilines is 1. The number of carbonyl (C=O) groups excluding carboxylic acids is 1. The summed E-state index contributed by atoms with van der Waals surface area (Å²) in [5.74, 6) is -0.809. The molecule has 2 aliphatic carbocycles. The van der Waals surface area contributed by atoms with Crippen molar-refractivity contribution >= 4 is 21.4 Å². The van der Waals surface area contributed by atoms with Crippen LogP contribution in [0.25, 0.3) is 0 Å². The lowest BCUT2D eigenvalue weighted by Crippen LogP contribution is -2.35. The molecule has 1 aromatic rings. The Balaban J connectivity index is 1.54. The standard InChI is InChI=1S/C19H25NO4S/c21-18(12-25(22,23)15-7-9-24-10-8-15)20-19-16-5-1-3-13(16)11-14-4-2-6-17(14)19/h11,15H,1-10,12H2,(H,20,21).